The van der Waals surface area contributed by atoms with Gasteiger partial charge >= 0.3 is 11.8 Å². The molecule has 1 aromatic rings. The smallest absolute Gasteiger partial charge is 0.309 e. The maximum atomic E-state index is 13.8. The Kier molecular flexibility index (Phi) is 6.32. The number of nitrogens with zero attached hydrogens (tertiary/aromatic N) is 2. The van der Waals surface area contributed by atoms with E-state index >= 15 is 0 Å². The molecule has 1 fully saturated rings. The van der Waals surface area contributed by atoms with Crippen LogP contribution in [-0.4, -0.2) is 61.4 Å². The first-order valence-electron chi connectivity index (χ1n) is 8.24. The molecule has 2 N–H and O–H groups in total. The van der Waals surface area contributed by atoms with Crippen LogP contribution in [0.5, 0.6) is 0 Å². The van der Waals surface area contributed by atoms with Gasteiger partial charge in [-0.3, -0.25) is 14.4 Å². The number of hydrogen-bond donors (Lipinski definition) is 2. The first-order chi connectivity index (χ1) is 11.9. The number of carbonyl (C=O) groups excluding carboxylic acids is 3. The lowest BCUT2D eigenvalue weighted by molar-refractivity contribution is -0.140. The second-order valence-electron chi connectivity index (χ2n) is 6.13. The average molecular weight is 350 g/mol. The molecule has 3 amide bonds. The Balaban J connectivity index is 1.79. The van der Waals surface area contributed by atoms with Crippen molar-refractivity contribution in [3.8, 4) is 0 Å². The molecule has 0 bridgehead atoms. The Hall–Kier alpha value is -2.64. The molecule has 1 saturated heterocycles. The van der Waals surface area contributed by atoms with Crippen molar-refractivity contribution >= 4 is 23.4 Å². The molecule has 0 saturated carbocycles. The summed E-state index contributed by atoms with van der Waals surface area (Å²) in [5.74, 6) is -2.14. The summed E-state index contributed by atoms with van der Waals surface area (Å²) in [4.78, 5) is 38.7. The van der Waals surface area contributed by atoms with Crippen LogP contribution in [0.15, 0.2) is 24.3 Å². The largest absolute Gasteiger partial charge is 0.366 e. The van der Waals surface area contributed by atoms with E-state index in [1.165, 1.54) is 6.07 Å². The molecule has 0 radical (unpaired) electrons. The van der Waals surface area contributed by atoms with Crippen LogP contribution in [0.4, 0.5) is 10.1 Å². The summed E-state index contributed by atoms with van der Waals surface area (Å²) in [6.07, 6.45) is 0. The van der Waals surface area contributed by atoms with Gasteiger partial charge in [-0.2, -0.15) is 0 Å². The fourth-order valence-corrected chi connectivity index (χ4v) is 2.58. The van der Waals surface area contributed by atoms with Crippen LogP contribution >= 0.6 is 0 Å². The number of carbonyl (C=O) groups is 3. The lowest BCUT2D eigenvalue weighted by atomic mass is 10.2. The topological polar surface area (TPSA) is 81.8 Å². The van der Waals surface area contributed by atoms with Gasteiger partial charge in [0.1, 0.15) is 5.82 Å². The van der Waals surface area contributed by atoms with Gasteiger partial charge < -0.3 is 20.4 Å². The molecule has 8 heteroatoms. The van der Waals surface area contributed by atoms with Crippen molar-refractivity contribution in [3.63, 3.8) is 0 Å². The van der Waals surface area contributed by atoms with Gasteiger partial charge in [0.25, 0.3) is 0 Å². The minimum atomic E-state index is -0.827. The minimum absolute atomic E-state index is 0.152. The van der Waals surface area contributed by atoms with Crippen LogP contribution in [0.25, 0.3) is 0 Å². The van der Waals surface area contributed by atoms with Crippen LogP contribution in [0.2, 0.25) is 0 Å². The van der Waals surface area contributed by atoms with E-state index < -0.39 is 11.8 Å². The summed E-state index contributed by atoms with van der Waals surface area (Å²) in [5, 5.41) is 4.78. The molecule has 0 atom stereocenters. The summed E-state index contributed by atoms with van der Waals surface area (Å²) in [6, 6.07) is 6.37. The van der Waals surface area contributed by atoms with E-state index in [4.69, 9.17) is 0 Å². The molecule has 2 rings (SSSR count). The number of nitrogens with one attached hydrogen (secondary N) is 2. The lowest BCUT2D eigenvalue weighted by Crippen LogP contribution is -2.52. The monoisotopic (exact) mass is 350 g/mol. The number of halogens is 1. The highest BCUT2D eigenvalue weighted by molar-refractivity contribution is 6.35. The van der Waals surface area contributed by atoms with E-state index in [1.54, 1.807) is 36.9 Å². The lowest BCUT2D eigenvalue weighted by Gasteiger charge is -2.36. The van der Waals surface area contributed by atoms with Crippen molar-refractivity contribution in [1.82, 2.24) is 15.5 Å². The second-order valence-corrected chi connectivity index (χ2v) is 6.13. The number of rotatable bonds is 4. The maximum Gasteiger partial charge on any atom is 0.309 e. The maximum absolute atomic E-state index is 13.8. The molecular weight excluding hydrogens is 327 g/mol. The van der Waals surface area contributed by atoms with Gasteiger partial charge in [0.05, 0.1) is 12.2 Å². The quantitative estimate of drug-likeness (QED) is 0.756. The van der Waals surface area contributed by atoms with E-state index in [9.17, 15) is 18.8 Å². The van der Waals surface area contributed by atoms with Crippen molar-refractivity contribution in [2.45, 2.75) is 19.9 Å². The Morgan fingerprint density at radius 1 is 1.08 bits per heavy atom. The third-order valence-corrected chi connectivity index (χ3v) is 3.85. The van der Waals surface area contributed by atoms with Crippen LogP contribution in [0.1, 0.15) is 13.8 Å². The SMILES string of the molecule is CC(C)NC(=O)C(=O)NCC(=O)N1CCN(c2ccccc2F)CC1. The van der Waals surface area contributed by atoms with Gasteiger partial charge in [0.2, 0.25) is 5.91 Å². The highest BCUT2D eigenvalue weighted by atomic mass is 19.1. The Morgan fingerprint density at radius 3 is 2.32 bits per heavy atom. The predicted octanol–water partition coefficient (Wildman–Crippen LogP) is 0.115. The number of benzene rings is 1. The molecule has 0 unspecified atom stereocenters. The summed E-state index contributed by atoms with van der Waals surface area (Å²) in [7, 11) is 0. The molecule has 0 aromatic heterocycles. The number of piperazine rings is 1. The molecule has 1 heterocycles. The molecule has 136 valence electrons. The first kappa shape index (κ1) is 18.7. The molecular formula is C17H23FN4O3. The number of amides is 3. The zero-order valence-corrected chi connectivity index (χ0v) is 14.4. The standard InChI is InChI=1S/C17H23FN4O3/c1-12(2)20-17(25)16(24)19-11-15(23)22-9-7-21(8-10-22)14-6-4-3-5-13(14)18/h3-6,12H,7-11H2,1-2H3,(H,19,24)(H,20,25). The van der Waals surface area contributed by atoms with Gasteiger partial charge in [0.15, 0.2) is 0 Å². The average Bonchev–Trinajstić information content (AvgIpc) is 2.59. The van der Waals surface area contributed by atoms with Crippen molar-refractivity contribution in [1.29, 1.82) is 0 Å². The molecule has 0 aliphatic carbocycles. The summed E-state index contributed by atoms with van der Waals surface area (Å²) in [6.45, 7) is 5.13. The van der Waals surface area contributed by atoms with E-state index in [2.05, 4.69) is 10.6 Å². The highest BCUT2D eigenvalue weighted by Gasteiger charge is 2.23. The normalized spacial score (nSPS) is 14.4. The van der Waals surface area contributed by atoms with Gasteiger partial charge in [0, 0.05) is 32.2 Å². The highest BCUT2D eigenvalue weighted by Crippen LogP contribution is 2.20. The van der Waals surface area contributed by atoms with E-state index in [-0.39, 0.29) is 24.3 Å². The van der Waals surface area contributed by atoms with Gasteiger partial charge in [-0.05, 0) is 26.0 Å². The van der Waals surface area contributed by atoms with Crippen molar-refractivity contribution in [2.75, 3.05) is 37.6 Å². The van der Waals surface area contributed by atoms with Crippen LogP contribution in [0, 0.1) is 5.82 Å². The van der Waals surface area contributed by atoms with E-state index in [0.29, 0.717) is 31.9 Å². The Labute approximate surface area is 146 Å². The van der Waals surface area contributed by atoms with Crippen LogP contribution < -0.4 is 15.5 Å². The molecule has 0 spiro atoms. The fraction of sp³-hybridized carbons (Fsp3) is 0.471. The van der Waals surface area contributed by atoms with Crippen LogP contribution in [0.3, 0.4) is 0 Å². The Morgan fingerprint density at radius 2 is 1.72 bits per heavy atom. The minimum Gasteiger partial charge on any atom is -0.366 e. The van der Waals surface area contributed by atoms with Crippen LogP contribution in [-0.2, 0) is 14.4 Å². The summed E-state index contributed by atoms with van der Waals surface area (Å²) in [5.41, 5.74) is 0.522. The molecule has 1 aromatic carbocycles. The third kappa shape index (κ3) is 5.17. The number of anilines is 1. The van der Waals surface area contributed by atoms with Crippen molar-refractivity contribution in [3.05, 3.63) is 30.1 Å². The first-order valence-corrected chi connectivity index (χ1v) is 8.24. The van der Waals surface area contributed by atoms with Gasteiger partial charge in [-0.25, -0.2) is 4.39 Å². The predicted molar refractivity (Wildman–Crippen MR) is 91.5 cm³/mol. The zero-order valence-electron chi connectivity index (χ0n) is 14.4. The number of hydrogen-bond acceptors (Lipinski definition) is 4. The fourth-order valence-electron chi connectivity index (χ4n) is 2.58. The van der Waals surface area contributed by atoms with Crippen molar-refractivity contribution < 1.29 is 18.8 Å². The summed E-state index contributed by atoms with van der Waals surface area (Å²) >= 11 is 0. The third-order valence-electron chi connectivity index (χ3n) is 3.85. The van der Waals surface area contributed by atoms with Gasteiger partial charge in [-0.1, -0.05) is 12.1 Å². The van der Waals surface area contributed by atoms with Gasteiger partial charge in [-0.15, -0.1) is 0 Å². The van der Waals surface area contributed by atoms with E-state index in [1.807, 2.05) is 4.90 Å². The second kappa shape index (κ2) is 8.46. The molecule has 1 aliphatic rings. The Bertz CT molecular complexity index is 643. The zero-order chi connectivity index (χ0) is 18.4. The molecule has 25 heavy (non-hydrogen) atoms. The van der Waals surface area contributed by atoms with E-state index in [0.717, 1.165) is 0 Å². The number of para-hydroxylation sites is 1. The van der Waals surface area contributed by atoms with Crippen molar-refractivity contribution in [2.24, 2.45) is 0 Å². The summed E-state index contributed by atoms with van der Waals surface area (Å²) < 4.78 is 13.8. The molecule has 7 nitrogen and oxygen atoms in total. The molecule has 1 aliphatic heterocycles.